The molecule has 0 spiro atoms. The molecular formula is C28H24ClNO4S. The molecule has 0 unspecified atom stereocenters. The van der Waals surface area contributed by atoms with Crippen LogP contribution in [0.2, 0.25) is 5.02 Å². The molecule has 1 aliphatic heterocycles. The van der Waals surface area contributed by atoms with Gasteiger partial charge in [0, 0.05) is 10.6 Å². The van der Waals surface area contributed by atoms with E-state index in [-0.39, 0.29) is 17.7 Å². The molecule has 1 saturated heterocycles. The fraction of sp³-hybridized carbons (Fsp3) is 0.143. The zero-order chi connectivity index (χ0) is 24.8. The second kappa shape index (κ2) is 11.3. The number of ether oxygens (including phenoxy) is 2. The second-order valence-electron chi connectivity index (χ2n) is 7.88. The van der Waals surface area contributed by atoms with E-state index in [0.29, 0.717) is 34.5 Å². The Hall–Kier alpha value is -3.48. The molecule has 0 bridgehead atoms. The number of hydrogen-bond donors (Lipinski definition) is 0. The number of rotatable bonds is 9. The number of methoxy groups -OCH3 is 1. The minimum Gasteiger partial charge on any atom is -0.493 e. The highest BCUT2D eigenvalue weighted by molar-refractivity contribution is 8.18. The van der Waals surface area contributed by atoms with Gasteiger partial charge in [-0.25, -0.2) is 0 Å². The van der Waals surface area contributed by atoms with Crippen LogP contribution in [0.5, 0.6) is 11.5 Å². The maximum atomic E-state index is 13.0. The van der Waals surface area contributed by atoms with Gasteiger partial charge in [0.15, 0.2) is 11.5 Å². The van der Waals surface area contributed by atoms with Gasteiger partial charge in [-0.1, -0.05) is 60.1 Å². The smallest absolute Gasteiger partial charge is 0.293 e. The third kappa shape index (κ3) is 5.96. The SMILES string of the molecule is C=CCc1cc(/C=C2\SC(=O)N(Cc3cccc(Cl)c3)C2=O)cc(OC)c1OCc1ccccc1. The van der Waals surface area contributed by atoms with E-state index in [9.17, 15) is 9.59 Å². The van der Waals surface area contributed by atoms with Gasteiger partial charge in [0.1, 0.15) is 6.61 Å². The molecule has 7 heteroatoms. The molecule has 1 aliphatic rings. The molecule has 35 heavy (non-hydrogen) atoms. The molecule has 3 aromatic rings. The van der Waals surface area contributed by atoms with Crippen molar-refractivity contribution < 1.29 is 19.1 Å². The normalized spacial score (nSPS) is 14.5. The molecule has 178 valence electrons. The topological polar surface area (TPSA) is 55.8 Å². The van der Waals surface area contributed by atoms with Crippen molar-refractivity contribution in [1.82, 2.24) is 4.90 Å². The largest absolute Gasteiger partial charge is 0.493 e. The quantitative estimate of drug-likeness (QED) is 0.234. The highest BCUT2D eigenvalue weighted by Gasteiger charge is 2.35. The lowest BCUT2D eigenvalue weighted by Gasteiger charge is -2.16. The lowest BCUT2D eigenvalue weighted by Crippen LogP contribution is -2.27. The van der Waals surface area contributed by atoms with E-state index in [0.717, 1.165) is 34.0 Å². The Morgan fingerprint density at radius 1 is 1.03 bits per heavy atom. The van der Waals surface area contributed by atoms with Crippen molar-refractivity contribution in [3.63, 3.8) is 0 Å². The monoisotopic (exact) mass is 505 g/mol. The summed E-state index contributed by atoms with van der Waals surface area (Å²) in [5.41, 5.74) is 3.44. The molecule has 5 nitrogen and oxygen atoms in total. The van der Waals surface area contributed by atoms with Crippen LogP contribution in [-0.4, -0.2) is 23.2 Å². The summed E-state index contributed by atoms with van der Waals surface area (Å²) >= 11 is 6.96. The van der Waals surface area contributed by atoms with Gasteiger partial charge >= 0.3 is 0 Å². The third-order valence-corrected chi connectivity index (χ3v) is 6.51. The molecule has 2 amide bonds. The first-order chi connectivity index (χ1) is 17.0. The zero-order valence-corrected chi connectivity index (χ0v) is 20.8. The van der Waals surface area contributed by atoms with Crippen molar-refractivity contribution >= 4 is 40.6 Å². The lowest BCUT2D eigenvalue weighted by molar-refractivity contribution is -0.123. The molecule has 0 saturated carbocycles. The summed E-state index contributed by atoms with van der Waals surface area (Å²) in [5, 5.41) is 0.240. The summed E-state index contributed by atoms with van der Waals surface area (Å²) in [6, 6.07) is 20.7. The number of carbonyl (C=O) groups excluding carboxylic acids is 2. The van der Waals surface area contributed by atoms with Crippen molar-refractivity contribution in [3.05, 3.63) is 112 Å². The van der Waals surface area contributed by atoms with Crippen LogP contribution in [0.15, 0.2) is 84.3 Å². The summed E-state index contributed by atoms with van der Waals surface area (Å²) in [7, 11) is 1.57. The number of allylic oxidation sites excluding steroid dienone is 1. The Bertz CT molecular complexity index is 1290. The maximum Gasteiger partial charge on any atom is 0.293 e. The van der Waals surface area contributed by atoms with Gasteiger partial charge in [0.25, 0.3) is 11.1 Å². The van der Waals surface area contributed by atoms with Crippen molar-refractivity contribution in [3.8, 4) is 11.5 Å². The van der Waals surface area contributed by atoms with E-state index < -0.39 is 0 Å². The van der Waals surface area contributed by atoms with Crippen LogP contribution >= 0.6 is 23.4 Å². The molecule has 1 heterocycles. The predicted molar refractivity (Wildman–Crippen MR) is 141 cm³/mol. The van der Waals surface area contributed by atoms with Crippen LogP contribution < -0.4 is 9.47 Å². The van der Waals surface area contributed by atoms with E-state index in [4.69, 9.17) is 21.1 Å². The van der Waals surface area contributed by atoms with Crippen molar-refractivity contribution in [1.29, 1.82) is 0 Å². The van der Waals surface area contributed by atoms with Crippen LogP contribution in [0.1, 0.15) is 22.3 Å². The van der Waals surface area contributed by atoms with Crippen molar-refractivity contribution in [2.75, 3.05) is 7.11 Å². The number of thioether (sulfide) groups is 1. The number of carbonyl (C=O) groups is 2. The molecule has 0 N–H and O–H groups in total. The minimum absolute atomic E-state index is 0.167. The zero-order valence-electron chi connectivity index (χ0n) is 19.2. The van der Waals surface area contributed by atoms with Gasteiger partial charge in [-0.05, 0) is 65.2 Å². The first kappa shape index (κ1) is 24.6. The predicted octanol–water partition coefficient (Wildman–Crippen LogP) is 6.89. The molecule has 1 fully saturated rings. The van der Waals surface area contributed by atoms with Gasteiger partial charge < -0.3 is 9.47 Å². The standard InChI is InChI=1S/C28H24ClNO4S/c1-3-8-22-13-21(15-24(33-2)26(22)34-18-19-9-5-4-6-10-19)16-25-27(31)30(28(32)35-25)17-20-11-7-12-23(29)14-20/h3-7,9-16H,1,8,17-18H2,2H3/b25-16-. The van der Waals surface area contributed by atoms with Gasteiger partial charge in [0.05, 0.1) is 18.6 Å². The summed E-state index contributed by atoms with van der Waals surface area (Å²) in [6.07, 6.45) is 4.05. The number of amides is 2. The fourth-order valence-electron chi connectivity index (χ4n) is 3.72. The van der Waals surface area contributed by atoms with E-state index in [1.807, 2.05) is 42.5 Å². The van der Waals surface area contributed by atoms with E-state index in [1.54, 1.807) is 43.5 Å². The average molecular weight is 506 g/mol. The molecule has 0 radical (unpaired) electrons. The highest BCUT2D eigenvalue weighted by Crippen LogP contribution is 2.38. The van der Waals surface area contributed by atoms with E-state index >= 15 is 0 Å². The van der Waals surface area contributed by atoms with Gasteiger partial charge in [0.2, 0.25) is 0 Å². The van der Waals surface area contributed by atoms with E-state index in [1.165, 1.54) is 4.90 Å². The van der Waals surface area contributed by atoms with Gasteiger partial charge in [-0.3, -0.25) is 14.5 Å². The summed E-state index contributed by atoms with van der Waals surface area (Å²) in [5.74, 6) is 0.834. The first-order valence-electron chi connectivity index (χ1n) is 11.0. The minimum atomic E-state index is -0.339. The van der Waals surface area contributed by atoms with Crippen molar-refractivity contribution in [2.24, 2.45) is 0 Å². The molecule has 0 aromatic heterocycles. The van der Waals surface area contributed by atoms with E-state index in [2.05, 4.69) is 6.58 Å². The molecule has 3 aromatic carbocycles. The van der Waals surface area contributed by atoms with Crippen LogP contribution in [0.4, 0.5) is 4.79 Å². The van der Waals surface area contributed by atoms with Crippen LogP contribution in [0.25, 0.3) is 6.08 Å². The Kier molecular flexibility index (Phi) is 7.95. The van der Waals surface area contributed by atoms with Gasteiger partial charge in [-0.15, -0.1) is 6.58 Å². The van der Waals surface area contributed by atoms with Crippen LogP contribution in [0, 0.1) is 0 Å². The van der Waals surface area contributed by atoms with Crippen LogP contribution in [0.3, 0.4) is 0 Å². The number of hydrogen-bond acceptors (Lipinski definition) is 5. The fourth-order valence-corrected chi connectivity index (χ4v) is 4.78. The molecule has 4 rings (SSSR count). The summed E-state index contributed by atoms with van der Waals surface area (Å²) in [4.78, 5) is 27.2. The van der Waals surface area contributed by atoms with Crippen molar-refractivity contribution in [2.45, 2.75) is 19.6 Å². The maximum absolute atomic E-state index is 13.0. The molecule has 0 atom stereocenters. The Morgan fingerprint density at radius 3 is 2.51 bits per heavy atom. The Balaban J connectivity index is 1.59. The first-order valence-corrected chi connectivity index (χ1v) is 12.2. The summed E-state index contributed by atoms with van der Waals surface area (Å²) in [6.45, 7) is 4.41. The average Bonchev–Trinajstić information content (AvgIpc) is 3.11. The Labute approximate surface area is 214 Å². The van der Waals surface area contributed by atoms with Gasteiger partial charge in [-0.2, -0.15) is 0 Å². The number of halogens is 1. The lowest BCUT2D eigenvalue weighted by atomic mass is 10.0. The second-order valence-corrected chi connectivity index (χ2v) is 9.31. The highest BCUT2D eigenvalue weighted by atomic mass is 35.5. The third-order valence-electron chi connectivity index (χ3n) is 5.37. The number of imide groups is 1. The molecular weight excluding hydrogens is 482 g/mol. The Morgan fingerprint density at radius 2 is 1.80 bits per heavy atom. The number of nitrogens with zero attached hydrogens (tertiary/aromatic N) is 1. The number of benzene rings is 3. The molecule has 0 aliphatic carbocycles. The van der Waals surface area contributed by atoms with Crippen LogP contribution in [-0.2, 0) is 24.4 Å². The summed E-state index contributed by atoms with van der Waals surface area (Å²) < 4.78 is 11.7.